The highest BCUT2D eigenvalue weighted by Crippen LogP contribution is 2.09. The van der Waals surface area contributed by atoms with E-state index in [0.29, 0.717) is 6.54 Å². The Kier molecular flexibility index (Phi) is 2.54. The summed E-state index contributed by atoms with van der Waals surface area (Å²) in [5, 5.41) is 1.92. The lowest BCUT2D eigenvalue weighted by Crippen LogP contribution is -2.21. The number of hydrogen-bond donors (Lipinski definition) is 0. The average Bonchev–Trinajstić information content (AvgIpc) is 2.75. The first-order valence-corrected chi connectivity index (χ1v) is 5.31. The zero-order valence-corrected chi connectivity index (χ0v) is 8.75. The zero-order chi connectivity index (χ0) is 9.97. The highest BCUT2D eigenvalue weighted by Gasteiger charge is 2.17. The van der Waals surface area contributed by atoms with Gasteiger partial charge in [-0.05, 0) is 11.4 Å². The largest absolute Gasteiger partial charge is 0.289 e. The second kappa shape index (κ2) is 3.84. The Morgan fingerprint density at radius 3 is 3.14 bits per heavy atom. The SMILES string of the molecule is CC1=NC=[N+](CC(=O)c2cccs2)C1. The maximum atomic E-state index is 11.7. The van der Waals surface area contributed by atoms with E-state index in [1.807, 2.05) is 29.0 Å². The number of ketones is 1. The fourth-order valence-corrected chi connectivity index (χ4v) is 2.01. The molecule has 1 aliphatic rings. The van der Waals surface area contributed by atoms with Crippen molar-refractivity contribution in [1.82, 2.24) is 0 Å². The van der Waals surface area contributed by atoms with E-state index >= 15 is 0 Å². The van der Waals surface area contributed by atoms with E-state index in [1.165, 1.54) is 11.3 Å². The third-order valence-electron chi connectivity index (χ3n) is 2.02. The number of Topliss-reactive ketones (excluding diaryl/α,β-unsaturated/α-hetero) is 1. The highest BCUT2D eigenvalue weighted by molar-refractivity contribution is 7.12. The molecule has 2 rings (SSSR count). The predicted octanol–water partition coefficient (Wildman–Crippen LogP) is 1.45. The second-order valence-electron chi connectivity index (χ2n) is 3.29. The lowest BCUT2D eigenvalue weighted by Gasteiger charge is -1.97. The molecule has 0 saturated heterocycles. The average molecular weight is 207 g/mol. The number of nitrogens with zero attached hydrogens (tertiary/aromatic N) is 2. The summed E-state index contributed by atoms with van der Waals surface area (Å²) in [7, 11) is 0. The third-order valence-corrected chi connectivity index (χ3v) is 2.93. The molecule has 3 nitrogen and oxygen atoms in total. The van der Waals surface area contributed by atoms with Gasteiger partial charge in [-0.1, -0.05) is 11.1 Å². The van der Waals surface area contributed by atoms with Crippen molar-refractivity contribution in [2.45, 2.75) is 6.92 Å². The maximum absolute atomic E-state index is 11.7. The van der Waals surface area contributed by atoms with Crippen LogP contribution < -0.4 is 0 Å². The van der Waals surface area contributed by atoms with Gasteiger partial charge in [0.25, 0.3) is 6.34 Å². The zero-order valence-electron chi connectivity index (χ0n) is 7.93. The summed E-state index contributed by atoms with van der Waals surface area (Å²) in [6.45, 7) is 3.17. The molecular weight excluding hydrogens is 196 g/mol. The van der Waals surface area contributed by atoms with E-state index in [-0.39, 0.29) is 5.78 Å². The molecule has 4 heteroatoms. The molecule has 0 fully saturated rings. The monoisotopic (exact) mass is 207 g/mol. The molecule has 0 spiro atoms. The number of carbonyl (C=O) groups excluding carboxylic acids is 1. The van der Waals surface area contributed by atoms with Crippen LogP contribution in [0.15, 0.2) is 22.5 Å². The summed E-state index contributed by atoms with van der Waals surface area (Å²) in [5.74, 6) is 0.168. The molecule has 1 aromatic rings. The van der Waals surface area contributed by atoms with Gasteiger partial charge in [-0.3, -0.25) is 4.79 Å². The minimum atomic E-state index is 0.168. The molecule has 0 N–H and O–H groups in total. The molecule has 0 saturated carbocycles. The van der Waals surface area contributed by atoms with Crippen molar-refractivity contribution >= 4 is 29.2 Å². The molecule has 0 aromatic carbocycles. The van der Waals surface area contributed by atoms with E-state index < -0.39 is 0 Å². The fourth-order valence-electron chi connectivity index (χ4n) is 1.35. The van der Waals surface area contributed by atoms with Crippen LogP contribution in [0.4, 0.5) is 0 Å². The van der Waals surface area contributed by atoms with Gasteiger partial charge in [-0.2, -0.15) is 0 Å². The number of thiophene rings is 1. The maximum Gasteiger partial charge on any atom is 0.282 e. The van der Waals surface area contributed by atoms with Crippen LogP contribution >= 0.6 is 11.3 Å². The van der Waals surface area contributed by atoms with Gasteiger partial charge in [-0.25, -0.2) is 4.58 Å². The summed E-state index contributed by atoms with van der Waals surface area (Å²) >= 11 is 1.49. The van der Waals surface area contributed by atoms with Crippen molar-refractivity contribution < 1.29 is 9.37 Å². The lowest BCUT2D eigenvalue weighted by molar-refractivity contribution is -0.491. The van der Waals surface area contributed by atoms with Crippen LogP contribution in [-0.4, -0.2) is 35.5 Å². The van der Waals surface area contributed by atoms with Crippen LogP contribution in [0.3, 0.4) is 0 Å². The first-order chi connectivity index (χ1) is 6.75. The molecule has 0 amide bonds. The van der Waals surface area contributed by atoms with Crippen molar-refractivity contribution in [3.05, 3.63) is 22.4 Å². The molecule has 0 radical (unpaired) electrons. The van der Waals surface area contributed by atoms with E-state index in [0.717, 1.165) is 17.1 Å². The molecule has 0 unspecified atom stereocenters. The number of rotatable bonds is 3. The Morgan fingerprint density at radius 2 is 2.57 bits per heavy atom. The van der Waals surface area contributed by atoms with E-state index in [4.69, 9.17) is 0 Å². The van der Waals surface area contributed by atoms with Crippen LogP contribution in [0.2, 0.25) is 0 Å². The topological polar surface area (TPSA) is 32.4 Å². The van der Waals surface area contributed by atoms with Crippen molar-refractivity contribution in [3.8, 4) is 0 Å². The van der Waals surface area contributed by atoms with Gasteiger partial charge >= 0.3 is 0 Å². The van der Waals surface area contributed by atoms with Crippen molar-refractivity contribution in [2.75, 3.05) is 13.1 Å². The van der Waals surface area contributed by atoms with Crippen LogP contribution in [-0.2, 0) is 0 Å². The molecule has 0 atom stereocenters. The van der Waals surface area contributed by atoms with Crippen molar-refractivity contribution in [3.63, 3.8) is 0 Å². The minimum Gasteiger partial charge on any atom is -0.289 e. The van der Waals surface area contributed by atoms with Gasteiger partial charge in [-0.15, -0.1) is 11.3 Å². The third kappa shape index (κ3) is 1.96. The molecule has 0 aliphatic carbocycles. The van der Waals surface area contributed by atoms with Crippen LogP contribution in [0, 0.1) is 0 Å². The molecule has 0 bridgehead atoms. The van der Waals surface area contributed by atoms with Gasteiger partial charge in [0.05, 0.1) is 4.88 Å². The molecule has 72 valence electrons. The summed E-state index contributed by atoms with van der Waals surface area (Å²) < 4.78 is 1.93. The second-order valence-corrected chi connectivity index (χ2v) is 4.23. The standard InChI is InChI=1S/C10H11N2OS/c1-8-5-12(7-11-8)6-9(13)10-3-2-4-14-10/h2-4,7H,5-6H2,1H3/q+1. The Balaban J connectivity index is 1.97. The predicted molar refractivity (Wildman–Crippen MR) is 57.8 cm³/mol. The molecular formula is C10H11N2OS+. The van der Waals surface area contributed by atoms with Crippen LogP contribution in [0.25, 0.3) is 0 Å². The summed E-state index contributed by atoms with van der Waals surface area (Å²) in [6.07, 6.45) is 1.74. The lowest BCUT2D eigenvalue weighted by atomic mass is 10.3. The normalized spacial score (nSPS) is 15.2. The fraction of sp³-hybridized carbons (Fsp3) is 0.300. The first kappa shape index (κ1) is 9.27. The van der Waals surface area contributed by atoms with Crippen molar-refractivity contribution in [1.29, 1.82) is 0 Å². The Bertz CT molecular complexity index is 404. The molecule has 1 aliphatic heterocycles. The van der Waals surface area contributed by atoms with E-state index in [2.05, 4.69) is 4.99 Å². The van der Waals surface area contributed by atoms with E-state index in [9.17, 15) is 4.79 Å². The highest BCUT2D eigenvalue weighted by atomic mass is 32.1. The number of hydrogen-bond acceptors (Lipinski definition) is 3. The Morgan fingerprint density at radius 1 is 1.71 bits per heavy atom. The summed E-state index contributed by atoms with van der Waals surface area (Å²) in [6, 6.07) is 3.75. The van der Waals surface area contributed by atoms with Gasteiger partial charge < -0.3 is 0 Å². The first-order valence-electron chi connectivity index (χ1n) is 4.43. The molecule has 2 heterocycles. The van der Waals surface area contributed by atoms with Gasteiger partial charge in [0.1, 0.15) is 13.1 Å². The van der Waals surface area contributed by atoms with Crippen LogP contribution in [0.5, 0.6) is 0 Å². The molecule has 1 aromatic heterocycles. The van der Waals surface area contributed by atoms with Crippen molar-refractivity contribution in [2.24, 2.45) is 4.99 Å². The van der Waals surface area contributed by atoms with Gasteiger partial charge in [0.15, 0.2) is 5.71 Å². The number of carbonyl (C=O) groups is 1. The molecule has 14 heavy (non-hydrogen) atoms. The van der Waals surface area contributed by atoms with Gasteiger partial charge in [0.2, 0.25) is 5.78 Å². The smallest absolute Gasteiger partial charge is 0.282 e. The summed E-state index contributed by atoms with van der Waals surface area (Å²) in [5.41, 5.74) is 1.06. The summed E-state index contributed by atoms with van der Waals surface area (Å²) in [4.78, 5) is 16.6. The minimum absolute atomic E-state index is 0.168. The van der Waals surface area contributed by atoms with Gasteiger partial charge in [0, 0.05) is 6.92 Å². The number of aliphatic imine (C=N–C) groups is 1. The Hall–Kier alpha value is -1.29. The van der Waals surface area contributed by atoms with E-state index in [1.54, 1.807) is 6.34 Å². The quantitative estimate of drug-likeness (QED) is 0.545. The van der Waals surface area contributed by atoms with Crippen LogP contribution in [0.1, 0.15) is 16.6 Å². The Labute approximate surface area is 86.4 Å².